The Morgan fingerprint density at radius 2 is 1.74 bits per heavy atom. The molecule has 0 saturated heterocycles. The van der Waals surface area contributed by atoms with Crippen LogP contribution in [0.3, 0.4) is 0 Å². The molecule has 1 amide bonds. The summed E-state index contributed by atoms with van der Waals surface area (Å²) in [5, 5.41) is 5.90. The lowest BCUT2D eigenvalue weighted by Crippen LogP contribution is -2.32. The molecule has 8 heteroatoms. The predicted octanol–water partition coefficient (Wildman–Crippen LogP) is 4.13. The first-order valence-electron chi connectivity index (χ1n) is 10.7. The Bertz CT molecular complexity index is 1180. The fourth-order valence-electron chi connectivity index (χ4n) is 3.58. The monoisotopic (exact) mass is 462 g/mol. The quantitative estimate of drug-likeness (QED) is 0.471. The van der Waals surface area contributed by atoms with E-state index in [0.717, 1.165) is 22.9 Å². The average Bonchev–Trinajstić information content (AvgIpc) is 3.32. The van der Waals surface area contributed by atoms with Crippen LogP contribution in [-0.4, -0.2) is 42.9 Å². The first-order chi connectivity index (χ1) is 16.5. The van der Waals surface area contributed by atoms with E-state index in [2.05, 4.69) is 5.10 Å². The van der Waals surface area contributed by atoms with E-state index in [-0.39, 0.29) is 11.8 Å². The van der Waals surface area contributed by atoms with Gasteiger partial charge in [-0.05, 0) is 35.4 Å². The number of methoxy groups -OCH3 is 1. The Morgan fingerprint density at radius 1 is 0.971 bits per heavy atom. The normalized spacial score (nSPS) is 14.9. The topological polar surface area (TPSA) is 77.4 Å². The van der Waals surface area contributed by atoms with Crippen molar-refractivity contribution < 1.29 is 28.2 Å². The summed E-state index contributed by atoms with van der Waals surface area (Å²) in [7, 11) is 1.59. The van der Waals surface area contributed by atoms with E-state index >= 15 is 0 Å². The third-order valence-corrected chi connectivity index (χ3v) is 5.28. The van der Waals surface area contributed by atoms with Crippen LogP contribution in [0.25, 0.3) is 0 Å². The van der Waals surface area contributed by atoms with Crippen molar-refractivity contribution in [1.29, 1.82) is 0 Å². The van der Waals surface area contributed by atoms with Gasteiger partial charge in [0.25, 0.3) is 5.91 Å². The second kappa shape index (κ2) is 10.6. The highest BCUT2D eigenvalue weighted by Gasteiger charge is 2.33. The van der Waals surface area contributed by atoms with Gasteiger partial charge in [-0.2, -0.15) is 5.10 Å². The second-order valence-corrected chi connectivity index (χ2v) is 7.55. The SMILES string of the molecule is COc1ccc(C2CC(c3ccccc3)=NN2C(=O)COC(=O)COc2cccc(F)c2)cc1. The van der Waals surface area contributed by atoms with E-state index in [9.17, 15) is 14.0 Å². The second-order valence-electron chi connectivity index (χ2n) is 7.55. The Morgan fingerprint density at radius 3 is 2.44 bits per heavy atom. The number of carbonyl (C=O) groups is 2. The summed E-state index contributed by atoms with van der Waals surface area (Å²) in [6.45, 7) is -0.944. The molecule has 0 bridgehead atoms. The van der Waals surface area contributed by atoms with Gasteiger partial charge >= 0.3 is 5.97 Å². The molecular formula is C26H23FN2O5. The minimum Gasteiger partial charge on any atom is -0.497 e. The number of rotatable bonds is 8. The van der Waals surface area contributed by atoms with Gasteiger partial charge in [0.15, 0.2) is 13.2 Å². The van der Waals surface area contributed by atoms with Crippen molar-refractivity contribution in [3.05, 3.63) is 95.8 Å². The zero-order valence-electron chi connectivity index (χ0n) is 18.5. The average molecular weight is 462 g/mol. The van der Waals surface area contributed by atoms with Crippen molar-refractivity contribution in [2.75, 3.05) is 20.3 Å². The van der Waals surface area contributed by atoms with Crippen LogP contribution in [-0.2, 0) is 14.3 Å². The number of ether oxygens (including phenoxy) is 3. The zero-order chi connectivity index (χ0) is 23.9. The molecule has 4 rings (SSSR count). The van der Waals surface area contributed by atoms with Crippen molar-refractivity contribution in [2.24, 2.45) is 5.10 Å². The molecule has 0 aromatic heterocycles. The Kier molecular flexibility index (Phi) is 7.17. The minimum atomic E-state index is -0.745. The van der Waals surface area contributed by atoms with Crippen molar-refractivity contribution in [2.45, 2.75) is 12.5 Å². The Balaban J connectivity index is 1.43. The van der Waals surface area contributed by atoms with Crippen LogP contribution < -0.4 is 9.47 Å². The number of amides is 1. The molecule has 7 nitrogen and oxygen atoms in total. The number of hydrogen-bond donors (Lipinski definition) is 0. The summed E-state index contributed by atoms with van der Waals surface area (Å²) < 4.78 is 28.8. The summed E-state index contributed by atoms with van der Waals surface area (Å²) in [5.41, 5.74) is 2.55. The summed E-state index contributed by atoms with van der Waals surface area (Å²) in [4.78, 5) is 25.0. The van der Waals surface area contributed by atoms with Gasteiger partial charge in [0.1, 0.15) is 17.3 Å². The first kappa shape index (κ1) is 23.0. The molecular weight excluding hydrogens is 439 g/mol. The Labute approximate surface area is 196 Å². The molecule has 3 aromatic carbocycles. The lowest BCUT2D eigenvalue weighted by molar-refractivity contribution is -0.154. The van der Waals surface area contributed by atoms with Gasteiger partial charge in [0.2, 0.25) is 0 Å². The van der Waals surface area contributed by atoms with Crippen LogP contribution in [0.4, 0.5) is 4.39 Å². The molecule has 1 aliphatic rings. The van der Waals surface area contributed by atoms with Crippen LogP contribution in [0, 0.1) is 5.82 Å². The maximum atomic E-state index is 13.2. The largest absolute Gasteiger partial charge is 0.497 e. The third-order valence-electron chi connectivity index (χ3n) is 5.28. The molecule has 0 aliphatic carbocycles. The summed E-state index contributed by atoms with van der Waals surface area (Å²) in [6, 6.07) is 22.1. The van der Waals surface area contributed by atoms with Gasteiger partial charge in [-0.3, -0.25) is 4.79 Å². The highest BCUT2D eigenvalue weighted by molar-refractivity contribution is 6.03. The number of carbonyl (C=O) groups excluding carboxylic acids is 2. The smallest absolute Gasteiger partial charge is 0.344 e. The van der Waals surface area contributed by atoms with Gasteiger partial charge in [-0.25, -0.2) is 14.2 Å². The molecule has 1 atom stereocenters. The van der Waals surface area contributed by atoms with Crippen LogP contribution in [0.15, 0.2) is 84.0 Å². The summed E-state index contributed by atoms with van der Waals surface area (Å²) in [6.07, 6.45) is 0.513. The maximum Gasteiger partial charge on any atom is 0.344 e. The zero-order valence-corrected chi connectivity index (χ0v) is 18.5. The van der Waals surface area contributed by atoms with Gasteiger partial charge in [0, 0.05) is 12.5 Å². The van der Waals surface area contributed by atoms with Crippen LogP contribution in [0.2, 0.25) is 0 Å². The predicted molar refractivity (Wildman–Crippen MR) is 123 cm³/mol. The van der Waals surface area contributed by atoms with Gasteiger partial charge in [0.05, 0.1) is 18.9 Å². The number of hydrazone groups is 1. The van der Waals surface area contributed by atoms with Gasteiger partial charge in [-0.1, -0.05) is 48.5 Å². The number of benzene rings is 3. The standard InChI is InChI=1S/C26H23FN2O5/c1-32-21-12-10-19(11-13-21)24-15-23(18-6-3-2-4-7-18)28-29(24)25(30)16-34-26(31)17-33-22-9-5-8-20(27)14-22/h2-14,24H,15-17H2,1H3. The minimum absolute atomic E-state index is 0.194. The molecule has 174 valence electrons. The number of esters is 1. The van der Waals surface area contributed by atoms with E-state index in [0.29, 0.717) is 12.2 Å². The molecule has 0 saturated carbocycles. The number of nitrogens with zero attached hydrogens (tertiary/aromatic N) is 2. The lowest BCUT2D eigenvalue weighted by atomic mass is 9.98. The van der Waals surface area contributed by atoms with Gasteiger partial charge in [-0.15, -0.1) is 0 Å². The van der Waals surface area contributed by atoms with Crippen LogP contribution in [0.5, 0.6) is 11.5 Å². The molecule has 0 N–H and O–H groups in total. The van der Waals surface area contributed by atoms with Crippen molar-refractivity contribution in [1.82, 2.24) is 5.01 Å². The highest BCUT2D eigenvalue weighted by atomic mass is 19.1. The van der Waals surface area contributed by atoms with Crippen molar-refractivity contribution in [3.8, 4) is 11.5 Å². The Hall–Kier alpha value is -4.20. The molecule has 1 aliphatic heterocycles. The molecule has 0 radical (unpaired) electrons. The van der Waals surface area contributed by atoms with Crippen LogP contribution in [0.1, 0.15) is 23.6 Å². The summed E-state index contributed by atoms with van der Waals surface area (Å²) in [5.74, 6) is -0.793. The van der Waals surface area contributed by atoms with Crippen LogP contribution >= 0.6 is 0 Å². The molecule has 34 heavy (non-hydrogen) atoms. The maximum absolute atomic E-state index is 13.2. The number of hydrogen-bond acceptors (Lipinski definition) is 6. The van der Waals surface area contributed by atoms with E-state index in [1.165, 1.54) is 23.2 Å². The number of halogens is 1. The lowest BCUT2D eigenvalue weighted by Gasteiger charge is -2.22. The fourth-order valence-corrected chi connectivity index (χ4v) is 3.58. The highest BCUT2D eigenvalue weighted by Crippen LogP contribution is 2.33. The van der Waals surface area contributed by atoms with E-state index in [4.69, 9.17) is 14.2 Å². The fraction of sp³-hybridized carbons (Fsp3) is 0.192. The molecule has 1 unspecified atom stereocenters. The van der Waals surface area contributed by atoms with E-state index < -0.39 is 30.9 Å². The third kappa shape index (κ3) is 5.58. The van der Waals surface area contributed by atoms with E-state index in [1.807, 2.05) is 54.6 Å². The first-order valence-corrected chi connectivity index (χ1v) is 10.7. The van der Waals surface area contributed by atoms with Gasteiger partial charge < -0.3 is 14.2 Å². The molecule has 0 spiro atoms. The molecule has 3 aromatic rings. The van der Waals surface area contributed by atoms with E-state index in [1.54, 1.807) is 7.11 Å². The molecule has 1 heterocycles. The molecule has 0 fully saturated rings. The van der Waals surface area contributed by atoms with Crippen molar-refractivity contribution in [3.63, 3.8) is 0 Å². The van der Waals surface area contributed by atoms with Crippen molar-refractivity contribution >= 4 is 17.6 Å². The summed E-state index contributed by atoms with van der Waals surface area (Å²) >= 11 is 0.